The van der Waals surface area contributed by atoms with Gasteiger partial charge in [0.25, 0.3) is 0 Å². The maximum Gasteiger partial charge on any atom is 0.242 e. The Kier molecular flexibility index (Phi) is 5.51. The molecular formula is C25H30N2O3S. The van der Waals surface area contributed by atoms with Gasteiger partial charge in [-0.05, 0) is 60.1 Å². The third kappa shape index (κ3) is 4.22. The quantitative estimate of drug-likeness (QED) is 0.653. The smallest absolute Gasteiger partial charge is 0.242 e. The molecule has 0 spiro atoms. The molecule has 1 N–H and O–H groups in total. The average molecular weight is 439 g/mol. The Morgan fingerprint density at radius 3 is 2.48 bits per heavy atom. The second kappa shape index (κ2) is 8.30. The van der Waals surface area contributed by atoms with Gasteiger partial charge in [-0.1, -0.05) is 49.6 Å². The molecule has 5 rings (SSSR count). The van der Waals surface area contributed by atoms with Crippen molar-refractivity contribution < 1.29 is 13.2 Å². The number of rotatable bonds is 5. The van der Waals surface area contributed by atoms with Crippen LogP contribution in [0.15, 0.2) is 42.5 Å². The van der Waals surface area contributed by atoms with Crippen LogP contribution < -0.4 is 5.32 Å². The van der Waals surface area contributed by atoms with Crippen molar-refractivity contribution in [3.05, 3.63) is 53.6 Å². The molecule has 0 bridgehead atoms. The van der Waals surface area contributed by atoms with Crippen molar-refractivity contribution in [3.63, 3.8) is 0 Å². The number of hydrogen-bond donors (Lipinski definition) is 1. The van der Waals surface area contributed by atoms with Gasteiger partial charge in [0.05, 0.1) is 18.1 Å². The van der Waals surface area contributed by atoms with E-state index in [2.05, 4.69) is 41.7 Å². The van der Waals surface area contributed by atoms with E-state index in [9.17, 15) is 13.2 Å². The van der Waals surface area contributed by atoms with Crippen molar-refractivity contribution in [2.75, 3.05) is 23.4 Å². The standard InChI is InChI=1S/C25H30N2O3S/c28-25(27(21-7-2-1-3-8-21)22-12-13-31(29,30)17-22)16-26-20-10-11-24-19(15-20)14-18-6-4-5-9-23(18)24/h4-6,9-11,15,21-22,26H,1-3,7-8,12-14,16-17H2. The molecule has 0 radical (unpaired) electrons. The first-order chi connectivity index (χ1) is 15.0. The third-order valence-electron chi connectivity index (χ3n) is 7.10. The van der Waals surface area contributed by atoms with E-state index >= 15 is 0 Å². The van der Waals surface area contributed by atoms with E-state index in [0.717, 1.165) is 37.8 Å². The lowest BCUT2D eigenvalue weighted by atomic mass is 9.93. The minimum Gasteiger partial charge on any atom is -0.376 e. The van der Waals surface area contributed by atoms with E-state index in [4.69, 9.17) is 0 Å². The van der Waals surface area contributed by atoms with Gasteiger partial charge < -0.3 is 10.2 Å². The minimum absolute atomic E-state index is 0.0257. The molecule has 6 heteroatoms. The fraction of sp³-hybridized carbons (Fsp3) is 0.480. The minimum atomic E-state index is -3.03. The molecule has 1 saturated carbocycles. The van der Waals surface area contributed by atoms with Crippen LogP contribution in [0, 0.1) is 0 Å². The first kappa shape index (κ1) is 20.6. The molecule has 1 unspecified atom stereocenters. The second-order valence-corrected chi connectivity index (χ2v) is 11.4. The summed E-state index contributed by atoms with van der Waals surface area (Å²) in [7, 11) is -3.03. The number of carbonyl (C=O) groups is 1. The zero-order valence-corrected chi connectivity index (χ0v) is 18.7. The molecule has 2 aliphatic carbocycles. The van der Waals surface area contributed by atoms with Crippen LogP contribution in [0.25, 0.3) is 11.1 Å². The van der Waals surface area contributed by atoms with Gasteiger partial charge in [-0.2, -0.15) is 0 Å². The Hall–Kier alpha value is -2.34. The zero-order chi connectivity index (χ0) is 21.4. The van der Waals surface area contributed by atoms with Crippen LogP contribution in [0.1, 0.15) is 49.7 Å². The predicted octanol–water partition coefficient (Wildman–Crippen LogP) is 4.02. The summed E-state index contributed by atoms with van der Waals surface area (Å²) in [5.41, 5.74) is 6.14. The van der Waals surface area contributed by atoms with E-state index < -0.39 is 9.84 Å². The Labute approximate surface area is 184 Å². The van der Waals surface area contributed by atoms with Gasteiger partial charge in [0.2, 0.25) is 5.91 Å². The molecule has 2 fully saturated rings. The van der Waals surface area contributed by atoms with Crippen LogP contribution in [0.5, 0.6) is 0 Å². The maximum atomic E-state index is 13.3. The number of sulfone groups is 1. The van der Waals surface area contributed by atoms with Crippen molar-refractivity contribution in [1.82, 2.24) is 4.90 Å². The van der Waals surface area contributed by atoms with Crippen LogP contribution in [-0.4, -0.2) is 49.4 Å². The largest absolute Gasteiger partial charge is 0.376 e. The topological polar surface area (TPSA) is 66.5 Å². The van der Waals surface area contributed by atoms with Gasteiger partial charge in [-0.15, -0.1) is 0 Å². The molecule has 3 aliphatic rings. The summed E-state index contributed by atoms with van der Waals surface area (Å²) in [4.78, 5) is 15.2. The highest BCUT2D eigenvalue weighted by Gasteiger charge is 2.38. The van der Waals surface area contributed by atoms with Crippen molar-refractivity contribution in [2.45, 2.75) is 57.0 Å². The van der Waals surface area contributed by atoms with Crippen LogP contribution in [-0.2, 0) is 21.1 Å². The molecule has 1 aliphatic heterocycles. The first-order valence-electron chi connectivity index (χ1n) is 11.5. The molecule has 1 atom stereocenters. The predicted molar refractivity (Wildman–Crippen MR) is 124 cm³/mol. The summed E-state index contributed by atoms with van der Waals surface area (Å²) < 4.78 is 24.2. The number of nitrogens with zero attached hydrogens (tertiary/aromatic N) is 1. The van der Waals surface area contributed by atoms with E-state index in [0.29, 0.717) is 6.42 Å². The summed E-state index contributed by atoms with van der Waals surface area (Å²) in [5.74, 6) is 0.344. The molecule has 5 nitrogen and oxygen atoms in total. The highest BCUT2D eigenvalue weighted by molar-refractivity contribution is 7.91. The summed E-state index contributed by atoms with van der Waals surface area (Å²) >= 11 is 0. The first-order valence-corrected chi connectivity index (χ1v) is 13.3. The van der Waals surface area contributed by atoms with Crippen LogP contribution >= 0.6 is 0 Å². The van der Waals surface area contributed by atoms with Crippen molar-refractivity contribution in [3.8, 4) is 11.1 Å². The molecule has 0 aromatic heterocycles. The highest BCUT2D eigenvalue weighted by Crippen LogP contribution is 2.37. The van der Waals surface area contributed by atoms with Crippen LogP contribution in [0.4, 0.5) is 5.69 Å². The Balaban J connectivity index is 1.29. The number of amides is 1. The number of carbonyl (C=O) groups excluding carboxylic acids is 1. The van der Waals surface area contributed by atoms with Gasteiger partial charge in [-0.3, -0.25) is 4.79 Å². The SMILES string of the molecule is O=C(CNc1ccc2c(c1)Cc1ccccc1-2)N(C1CCCCC1)C1CCS(=O)(=O)C1. The van der Waals surface area contributed by atoms with Crippen LogP contribution in [0.3, 0.4) is 0 Å². The van der Waals surface area contributed by atoms with Gasteiger partial charge in [0.15, 0.2) is 9.84 Å². The van der Waals surface area contributed by atoms with Gasteiger partial charge in [-0.25, -0.2) is 8.42 Å². The average Bonchev–Trinajstić information content (AvgIpc) is 3.32. The summed E-state index contributed by atoms with van der Waals surface area (Å²) in [6, 6.07) is 14.8. The zero-order valence-electron chi connectivity index (χ0n) is 17.8. The molecule has 164 valence electrons. The third-order valence-corrected chi connectivity index (χ3v) is 8.85. The molecule has 1 heterocycles. The van der Waals surface area contributed by atoms with Gasteiger partial charge in [0, 0.05) is 17.8 Å². The number of fused-ring (bicyclic) bond motifs is 3. The normalized spacial score (nSPS) is 22.0. The Morgan fingerprint density at radius 2 is 1.71 bits per heavy atom. The molecule has 31 heavy (non-hydrogen) atoms. The molecule has 1 saturated heterocycles. The van der Waals surface area contributed by atoms with Gasteiger partial charge in [0.1, 0.15) is 0 Å². The second-order valence-electron chi connectivity index (χ2n) is 9.21. The summed E-state index contributed by atoms with van der Waals surface area (Å²) in [6.07, 6.45) is 6.90. The monoisotopic (exact) mass is 438 g/mol. The fourth-order valence-corrected chi connectivity index (χ4v) is 7.29. The van der Waals surface area contributed by atoms with Crippen LogP contribution in [0.2, 0.25) is 0 Å². The van der Waals surface area contributed by atoms with E-state index in [-0.39, 0.29) is 36.0 Å². The molecular weight excluding hydrogens is 408 g/mol. The number of benzene rings is 2. The molecule has 1 amide bonds. The lowest BCUT2D eigenvalue weighted by Gasteiger charge is -2.38. The lowest BCUT2D eigenvalue weighted by Crippen LogP contribution is -2.50. The summed E-state index contributed by atoms with van der Waals surface area (Å²) in [5, 5.41) is 3.32. The number of hydrogen-bond acceptors (Lipinski definition) is 4. The number of anilines is 1. The van der Waals surface area contributed by atoms with E-state index in [1.54, 1.807) is 0 Å². The van der Waals surface area contributed by atoms with E-state index in [1.165, 1.54) is 28.7 Å². The summed E-state index contributed by atoms with van der Waals surface area (Å²) in [6.45, 7) is 0.207. The fourth-order valence-electron chi connectivity index (χ4n) is 5.58. The number of nitrogens with one attached hydrogen (secondary N) is 1. The molecule has 2 aromatic rings. The lowest BCUT2D eigenvalue weighted by molar-refractivity contribution is -0.134. The maximum absolute atomic E-state index is 13.3. The Bertz CT molecular complexity index is 1090. The van der Waals surface area contributed by atoms with Gasteiger partial charge >= 0.3 is 0 Å². The van der Waals surface area contributed by atoms with Crippen molar-refractivity contribution in [2.24, 2.45) is 0 Å². The van der Waals surface area contributed by atoms with Crippen molar-refractivity contribution in [1.29, 1.82) is 0 Å². The highest BCUT2D eigenvalue weighted by atomic mass is 32.2. The molecule has 2 aromatic carbocycles. The van der Waals surface area contributed by atoms with Crippen molar-refractivity contribution >= 4 is 21.4 Å². The van der Waals surface area contributed by atoms with E-state index in [1.807, 2.05) is 11.0 Å². The Morgan fingerprint density at radius 1 is 0.935 bits per heavy atom.